The molecule has 2 rings (SSSR count). The molecule has 0 aliphatic carbocycles. The number of guanidine groups is 1. The van der Waals surface area contributed by atoms with E-state index in [0.717, 1.165) is 31.9 Å². The maximum absolute atomic E-state index is 6.20. The topological polar surface area (TPSA) is 41.6 Å². The molecule has 0 unspecified atom stereocenters. The molecule has 1 aliphatic rings. The van der Waals surface area contributed by atoms with E-state index in [1.807, 2.05) is 0 Å². The highest BCUT2D eigenvalue weighted by Crippen LogP contribution is 2.36. The molecule has 112 valence electrons. The van der Waals surface area contributed by atoms with Gasteiger partial charge in [-0.25, -0.2) is 0 Å². The lowest BCUT2D eigenvalue weighted by Gasteiger charge is -2.41. The average molecular weight is 293 g/mol. The minimum Gasteiger partial charge on any atom is -0.370 e. The Morgan fingerprint density at radius 1 is 1.30 bits per heavy atom. The van der Waals surface area contributed by atoms with E-state index in [1.54, 1.807) is 11.3 Å². The lowest BCUT2D eigenvalue weighted by atomic mass is 9.81. The summed E-state index contributed by atoms with van der Waals surface area (Å²) in [7, 11) is 0. The fraction of sp³-hybridized carbons (Fsp3) is 0.688. The van der Waals surface area contributed by atoms with Crippen molar-refractivity contribution in [3.8, 4) is 0 Å². The molecule has 0 amide bonds. The van der Waals surface area contributed by atoms with Gasteiger partial charge in [-0.2, -0.15) is 0 Å². The van der Waals surface area contributed by atoms with Crippen LogP contribution in [0.2, 0.25) is 0 Å². The quantitative estimate of drug-likeness (QED) is 0.868. The van der Waals surface area contributed by atoms with Crippen molar-refractivity contribution in [3.63, 3.8) is 0 Å². The van der Waals surface area contributed by atoms with Gasteiger partial charge < -0.3 is 10.6 Å². The molecule has 0 saturated carbocycles. The molecular weight excluding hydrogens is 266 g/mol. The summed E-state index contributed by atoms with van der Waals surface area (Å²) in [5.74, 6) is 2.03. The first-order valence-corrected chi connectivity index (χ1v) is 8.41. The number of rotatable bonds is 6. The van der Waals surface area contributed by atoms with Crippen LogP contribution in [0.5, 0.6) is 0 Å². The molecule has 0 saturated heterocycles. The number of nitrogens with zero attached hydrogens (tertiary/aromatic N) is 2. The van der Waals surface area contributed by atoms with Crippen molar-refractivity contribution in [2.75, 3.05) is 6.54 Å². The van der Waals surface area contributed by atoms with E-state index in [0.29, 0.717) is 11.8 Å². The second kappa shape index (κ2) is 6.17. The fourth-order valence-electron chi connectivity index (χ4n) is 3.40. The Labute approximate surface area is 126 Å². The third-order valence-corrected chi connectivity index (χ3v) is 4.72. The van der Waals surface area contributed by atoms with Crippen molar-refractivity contribution >= 4 is 17.3 Å². The van der Waals surface area contributed by atoms with Gasteiger partial charge in [0, 0.05) is 4.88 Å². The van der Waals surface area contributed by atoms with Crippen LogP contribution in [0.4, 0.5) is 0 Å². The minimum absolute atomic E-state index is 0.108. The summed E-state index contributed by atoms with van der Waals surface area (Å²) in [5, 5.41) is 2.13. The summed E-state index contributed by atoms with van der Waals surface area (Å²) in [5.41, 5.74) is 6.31. The Bertz CT molecular complexity index is 438. The van der Waals surface area contributed by atoms with E-state index in [2.05, 4.69) is 55.1 Å². The molecule has 0 spiro atoms. The zero-order chi connectivity index (χ0) is 14.8. The number of hydrogen-bond acceptors (Lipinski definition) is 4. The second-order valence-electron chi connectivity index (χ2n) is 6.76. The highest BCUT2D eigenvalue weighted by atomic mass is 32.1. The molecule has 0 aromatic carbocycles. The van der Waals surface area contributed by atoms with Crippen molar-refractivity contribution in [2.45, 2.75) is 52.6 Å². The molecule has 20 heavy (non-hydrogen) atoms. The minimum atomic E-state index is 0.108. The number of aliphatic imine (C=N–C) groups is 1. The predicted molar refractivity (Wildman–Crippen MR) is 88.0 cm³/mol. The van der Waals surface area contributed by atoms with Crippen LogP contribution in [0.25, 0.3) is 0 Å². The molecule has 0 fully saturated rings. The molecule has 0 radical (unpaired) electrons. The smallest absolute Gasteiger partial charge is 0.192 e. The fourth-order valence-corrected chi connectivity index (χ4v) is 4.09. The van der Waals surface area contributed by atoms with E-state index < -0.39 is 0 Å². The Balaban J connectivity index is 2.23. The Kier molecular flexibility index (Phi) is 4.74. The first kappa shape index (κ1) is 15.4. The van der Waals surface area contributed by atoms with Gasteiger partial charge in [-0.3, -0.25) is 4.99 Å². The van der Waals surface area contributed by atoms with E-state index in [-0.39, 0.29) is 5.54 Å². The highest BCUT2D eigenvalue weighted by molar-refractivity contribution is 7.09. The van der Waals surface area contributed by atoms with Gasteiger partial charge in [-0.1, -0.05) is 33.8 Å². The van der Waals surface area contributed by atoms with Crippen LogP contribution in [0.15, 0.2) is 22.5 Å². The molecule has 0 bridgehead atoms. The van der Waals surface area contributed by atoms with Crippen LogP contribution >= 0.6 is 11.3 Å². The van der Waals surface area contributed by atoms with Gasteiger partial charge in [-0.05, 0) is 36.1 Å². The summed E-state index contributed by atoms with van der Waals surface area (Å²) in [6.07, 6.45) is 2.31. The number of hydrogen-bond donors (Lipinski definition) is 1. The molecule has 4 heteroatoms. The second-order valence-corrected chi connectivity index (χ2v) is 7.79. The maximum atomic E-state index is 6.20. The van der Waals surface area contributed by atoms with Gasteiger partial charge >= 0.3 is 0 Å². The maximum Gasteiger partial charge on any atom is 0.192 e. The molecular formula is C16H27N3S. The third-order valence-electron chi connectivity index (χ3n) is 3.85. The largest absolute Gasteiger partial charge is 0.370 e. The van der Waals surface area contributed by atoms with Crippen LogP contribution < -0.4 is 5.73 Å². The van der Waals surface area contributed by atoms with Gasteiger partial charge in [0.1, 0.15) is 0 Å². The van der Waals surface area contributed by atoms with Gasteiger partial charge in [0.2, 0.25) is 0 Å². The van der Waals surface area contributed by atoms with Crippen LogP contribution in [0.1, 0.15) is 45.4 Å². The Hall–Kier alpha value is -1.03. The molecule has 2 heterocycles. The van der Waals surface area contributed by atoms with Gasteiger partial charge in [0.15, 0.2) is 5.96 Å². The van der Waals surface area contributed by atoms with E-state index in [1.165, 1.54) is 4.88 Å². The zero-order valence-electron chi connectivity index (χ0n) is 13.1. The molecule has 1 aromatic rings. The summed E-state index contributed by atoms with van der Waals surface area (Å²) in [6.45, 7) is 10.9. The highest BCUT2D eigenvalue weighted by Gasteiger charge is 2.42. The van der Waals surface area contributed by atoms with Crippen LogP contribution in [0, 0.1) is 11.8 Å². The lowest BCUT2D eigenvalue weighted by Crippen LogP contribution is -2.52. The van der Waals surface area contributed by atoms with Crippen LogP contribution in [-0.2, 0) is 6.54 Å². The summed E-state index contributed by atoms with van der Waals surface area (Å²) in [4.78, 5) is 8.31. The first-order valence-electron chi connectivity index (χ1n) is 7.53. The number of nitrogens with two attached hydrogens (primary N) is 1. The normalized spacial score (nSPS) is 18.1. The monoisotopic (exact) mass is 293 g/mol. The summed E-state index contributed by atoms with van der Waals surface area (Å²) >= 11 is 1.80. The van der Waals surface area contributed by atoms with Crippen molar-refractivity contribution in [1.29, 1.82) is 0 Å². The average Bonchev–Trinajstić information content (AvgIpc) is 2.92. The van der Waals surface area contributed by atoms with Crippen LogP contribution in [0.3, 0.4) is 0 Å². The summed E-state index contributed by atoms with van der Waals surface area (Å²) < 4.78 is 0. The Morgan fingerprint density at radius 2 is 1.95 bits per heavy atom. The van der Waals surface area contributed by atoms with Crippen molar-refractivity contribution in [3.05, 3.63) is 22.4 Å². The van der Waals surface area contributed by atoms with E-state index >= 15 is 0 Å². The SMILES string of the molecule is CC(C)CC1(CC(C)C)CN=C(N)N1Cc1cccs1. The lowest BCUT2D eigenvalue weighted by molar-refractivity contribution is 0.131. The molecule has 1 aromatic heterocycles. The predicted octanol–water partition coefficient (Wildman–Crippen LogP) is 3.71. The standard InChI is InChI=1S/C16H27N3S/c1-12(2)8-16(9-13(3)4)11-18-15(17)19(16)10-14-6-5-7-20-14/h5-7,12-13H,8-11H2,1-4H3,(H2,17,18). The Morgan fingerprint density at radius 3 is 2.45 bits per heavy atom. The van der Waals surface area contributed by atoms with Crippen molar-refractivity contribution < 1.29 is 0 Å². The van der Waals surface area contributed by atoms with Crippen molar-refractivity contribution in [1.82, 2.24) is 4.90 Å². The van der Waals surface area contributed by atoms with Gasteiger partial charge in [-0.15, -0.1) is 11.3 Å². The first-order chi connectivity index (χ1) is 9.43. The molecule has 2 N–H and O–H groups in total. The third kappa shape index (κ3) is 3.35. The van der Waals surface area contributed by atoms with Crippen molar-refractivity contribution in [2.24, 2.45) is 22.6 Å². The van der Waals surface area contributed by atoms with E-state index in [4.69, 9.17) is 5.73 Å². The van der Waals surface area contributed by atoms with Gasteiger partial charge in [0.05, 0.1) is 18.6 Å². The summed E-state index contributed by atoms with van der Waals surface area (Å²) in [6, 6.07) is 4.29. The molecule has 3 nitrogen and oxygen atoms in total. The zero-order valence-corrected chi connectivity index (χ0v) is 13.9. The number of thiophene rings is 1. The van der Waals surface area contributed by atoms with Gasteiger partial charge in [0.25, 0.3) is 0 Å². The molecule has 0 atom stereocenters. The van der Waals surface area contributed by atoms with Crippen LogP contribution in [-0.4, -0.2) is 22.9 Å². The van der Waals surface area contributed by atoms with E-state index in [9.17, 15) is 0 Å². The molecule has 1 aliphatic heterocycles.